The second kappa shape index (κ2) is 14.0. The van der Waals surface area contributed by atoms with Crippen molar-refractivity contribution in [2.45, 2.75) is 32.2 Å². The minimum absolute atomic E-state index is 0.0652. The van der Waals surface area contributed by atoms with Crippen molar-refractivity contribution < 1.29 is 37.7 Å². The van der Waals surface area contributed by atoms with E-state index in [0.717, 1.165) is 16.9 Å². The van der Waals surface area contributed by atoms with Gasteiger partial charge in [0.1, 0.15) is 10.8 Å². The monoisotopic (exact) mass is 588 g/mol. The fraction of sp³-hybridized carbons (Fsp3) is 0.269. The number of rotatable bonds is 9. The topological polar surface area (TPSA) is 109 Å². The van der Waals surface area contributed by atoms with Gasteiger partial charge in [-0.15, -0.1) is 0 Å². The first-order chi connectivity index (χ1) is 18.2. The number of pyridine rings is 1. The van der Waals surface area contributed by atoms with E-state index < -0.39 is 18.1 Å². The SMILES string of the molecule is COc1cccc(CN(C)Cc2c(Cl)cc(Cl)c(=O)n2CCc2ccc(C(=O)O)cc2)c1.O=C(O)C(F)(F)F. The Labute approximate surface area is 231 Å². The molecular weight excluding hydrogens is 564 g/mol. The largest absolute Gasteiger partial charge is 0.497 e. The van der Waals surface area contributed by atoms with E-state index in [9.17, 15) is 22.8 Å². The van der Waals surface area contributed by atoms with Gasteiger partial charge in [-0.1, -0.05) is 47.5 Å². The van der Waals surface area contributed by atoms with Crippen LogP contribution >= 0.6 is 23.2 Å². The maximum Gasteiger partial charge on any atom is 0.490 e. The Morgan fingerprint density at radius 3 is 2.13 bits per heavy atom. The molecule has 0 atom stereocenters. The van der Waals surface area contributed by atoms with Gasteiger partial charge in [-0.3, -0.25) is 9.69 Å². The minimum Gasteiger partial charge on any atom is -0.497 e. The average Bonchev–Trinajstić information content (AvgIpc) is 2.87. The Morgan fingerprint density at radius 2 is 1.59 bits per heavy atom. The van der Waals surface area contributed by atoms with E-state index in [0.29, 0.717) is 36.8 Å². The van der Waals surface area contributed by atoms with Crippen LogP contribution in [0.1, 0.15) is 27.2 Å². The first-order valence-corrected chi connectivity index (χ1v) is 12.0. The van der Waals surface area contributed by atoms with Gasteiger partial charge in [0, 0.05) is 19.6 Å². The smallest absolute Gasteiger partial charge is 0.490 e. The van der Waals surface area contributed by atoms with Crippen molar-refractivity contribution in [2.24, 2.45) is 0 Å². The number of ether oxygens (including phenoxy) is 1. The number of aryl methyl sites for hydroxylation is 1. The van der Waals surface area contributed by atoms with Crippen LogP contribution in [0.4, 0.5) is 13.2 Å². The van der Waals surface area contributed by atoms with E-state index >= 15 is 0 Å². The Hall–Kier alpha value is -3.54. The third kappa shape index (κ3) is 9.61. The number of carboxylic acid groups (broad SMARTS) is 2. The molecular formula is C26H25Cl2F3N2O6. The molecule has 0 saturated heterocycles. The summed E-state index contributed by atoms with van der Waals surface area (Å²) in [6.07, 6.45) is -4.55. The number of aromatic carboxylic acids is 1. The summed E-state index contributed by atoms with van der Waals surface area (Å²) in [5, 5.41) is 16.7. The molecule has 13 heteroatoms. The van der Waals surface area contributed by atoms with Gasteiger partial charge in [0.25, 0.3) is 5.56 Å². The molecule has 1 heterocycles. The summed E-state index contributed by atoms with van der Waals surface area (Å²) in [4.78, 5) is 34.8. The second-order valence-electron chi connectivity index (χ2n) is 8.32. The molecule has 0 bridgehead atoms. The maximum absolute atomic E-state index is 12.8. The van der Waals surface area contributed by atoms with Gasteiger partial charge >= 0.3 is 18.1 Å². The van der Waals surface area contributed by atoms with E-state index in [4.69, 9.17) is 42.9 Å². The molecule has 0 spiro atoms. The number of methoxy groups -OCH3 is 1. The van der Waals surface area contributed by atoms with E-state index in [1.54, 1.807) is 35.9 Å². The highest BCUT2D eigenvalue weighted by Crippen LogP contribution is 2.22. The van der Waals surface area contributed by atoms with Crippen LogP contribution in [-0.2, 0) is 30.8 Å². The van der Waals surface area contributed by atoms with Crippen molar-refractivity contribution in [2.75, 3.05) is 14.2 Å². The molecule has 3 rings (SSSR count). The standard InChI is InChI=1S/C24H24Cl2N2O4.C2HF3O2/c1-27(14-17-4-3-5-19(12-17)32-2)15-22-20(25)13-21(26)23(29)28(22)11-10-16-6-8-18(9-7-16)24(30)31;3-2(4,5)1(6)7/h3-9,12-13H,10-11,14-15H2,1-2H3,(H,30,31);(H,6,7). The lowest BCUT2D eigenvalue weighted by Crippen LogP contribution is -2.29. The van der Waals surface area contributed by atoms with Crippen LogP contribution in [0.25, 0.3) is 0 Å². The normalized spacial score (nSPS) is 11.1. The molecule has 3 aromatic rings. The number of halogens is 5. The van der Waals surface area contributed by atoms with Crippen molar-refractivity contribution >= 4 is 35.1 Å². The van der Waals surface area contributed by atoms with Crippen molar-refractivity contribution in [3.05, 3.63) is 97.4 Å². The van der Waals surface area contributed by atoms with Gasteiger partial charge in [0.15, 0.2) is 0 Å². The highest BCUT2D eigenvalue weighted by atomic mass is 35.5. The maximum atomic E-state index is 12.8. The molecule has 0 unspecified atom stereocenters. The molecule has 1 aromatic heterocycles. The van der Waals surface area contributed by atoms with Crippen LogP contribution in [-0.4, -0.2) is 52.0 Å². The second-order valence-corrected chi connectivity index (χ2v) is 9.14. The number of nitrogens with zero attached hydrogens (tertiary/aromatic N) is 2. The van der Waals surface area contributed by atoms with Crippen LogP contribution in [0.2, 0.25) is 10.0 Å². The summed E-state index contributed by atoms with van der Waals surface area (Å²) < 4.78 is 38.6. The zero-order valence-electron chi connectivity index (χ0n) is 20.8. The summed E-state index contributed by atoms with van der Waals surface area (Å²) in [5.74, 6) is -2.95. The third-order valence-corrected chi connectivity index (χ3v) is 5.98. The zero-order valence-corrected chi connectivity index (χ0v) is 22.3. The molecule has 0 amide bonds. The number of aromatic nitrogens is 1. The first-order valence-electron chi connectivity index (χ1n) is 11.2. The number of aliphatic carboxylic acids is 1. The molecule has 0 saturated carbocycles. The molecule has 0 aliphatic carbocycles. The van der Waals surface area contributed by atoms with Gasteiger partial charge in [-0.25, -0.2) is 9.59 Å². The van der Waals surface area contributed by atoms with E-state index in [1.165, 1.54) is 6.07 Å². The van der Waals surface area contributed by atoms with Crippen molar-refractivity contribution in [3.63, 3.8) is 0 Å². The number of benzene rings is 2. The van der Waals surface area contributed by atoms with Gasteiger partial charge in [0.2, 0.25) is 0 Å². The lowest BCUT2D eigenvalue weighted by Gasteiger charge is -2.22. The summed E-state index contributed by atoms with van der Waals surface area (Å²) >= 11 is 12.6. The number of alkyl halides is 3. The van der Waals surface area contributed by atoms with Crippen LogP contribution in [0.15, 0.2) is 59.4 Å². The quantitative estimate of drug-likeness (QED) is 0.346. The minimum atomic E-state index is -5.08. The predicted octanol–water partition coefficient (Wildman–Crippen LogP) is 5.37. The van der Waals surface area contributed by atoms with Crippen molar-refractivity contribution in [3.8, 4) is 5.75 Å². The third-order valence-electron chi connectivity index (χ3n) is 5.38. The Balaban J connectivity index is 0.000000673. The van der Waals surface area contributed by atoms with Crippen LogP contribution in [0, 0.1) is 0 Å². The lowest BCUT2D eigenvalue weighted by atomic mass is 10.1. The Morgan fingerprint density at radius 1 is 0.974 bits per heavy atom. The first kappa shape index (κ1) is 31.7. The molecule has 0 aliphatic heterocycles. The molecule has 2 N–H and O–H groups in total. The fourth-order valence-electron chi connectivity index (χ4n) is 3.48. The zero-order chi connectivity index (χ0) is 29.3. The van der Waals surface area contributed by atoms with Crippen LogP contribution in [0.5, 0.6) is 5.75 Å². The van der Waals surface area contributed by atoms with E-state index in [1.807, 2.05) is 31.3 Å². The molecule has 0 fully saturated rings. The lowest BCUT2D eigenvalue weighted by molar-refractivity contribution is -0.192. The highest BCUT2D eigenvalue weighted by molar-refractivity contribution is 6.34. The number of carboxylic acids is 2. The summed E-state index contributed by atoms with van der Waals surface area (Å²) in [6.45, 7) is 1.45. The Kier molecular flexibility index (Phi) is 11.4. The fourth-order valence-corrected chi connectivity index (χ4v) is 4.02. The molecule has 39 heavy (non-hydrogen) atoms. The molecule has 210 valence electrons. The Bertz CT molecular complexity index is 1360. The number of carbonyl (C=O) groups is 2. The summed E-state index contributed by atoms with van der Waals surface area (Å²) in [7, 11) is 3.58. The van der Waals surface area contributed by atoms with Crippen LogP contribution < -0.4 is 10.3 Å². The van der Waals surface area contributed by atoms with Gasteiger partial charge in [-0.2, -0.15) is 13.2 Å². The number of hydrogen-bond donors (Lipinski definition) is 2. The van der Waals surface area contributed by atoms with Gasteiger partial charge in [0.05, 0.1) is 23.4 Å². The van der Waals surface area contributed by atoms with Gasteiger partial charge in [-0.05, 0) is 54.9 Å². The molecule has 0 radical (unpaired) electrons. The van der Waals surface area contributed by atoms with Crippen molar-refractivity contribution in [1.29, 1.82) is 0 Å². The molecule has 2 aromatic carbocycles. The van der Waals surface area contributed by atoms with E-state index in [-0.39, 0.29) is 16.1 Å². The molecule has 8 nitrogen and oxygen atoms in total. The van der Waals surface area contributed by atoms with Gasteiger partial charge < -0.3 is 19.5 Å². The summed E-state index contributed by atoms with van der Waals surface area (Å²) in [6, 6.07) is 15.9. The average molecular weight is 589 g/mol. The highest BCUT2D eigenvalue weighted by Gasteiger charge is 2.38. The molecule has 0 aliphatic rings. The van der Waals surface area contributed by atoms with Crippen LogP contribution in [0.3, 0.4) is 0 Å². The van der Waals surface area contributed by atoms with E-state index in [2.05, 4.69) is 4.90 Å². The number of hydrogen-bond acceptors (Lipinski definition) is 5. The van der Waals surface area contributed by atoms with Crippen molar-refractivity contribution in [1.82, 2.24) is 9.47 Å². The summed E-state index contributed by atoms with van der Waals surface area (Å²) in [5.41, 5.74) is 2.58. The predicted molar refractivity (Wildman–Crippen MR) is 140 cm³/mol.